The molecule has 1 amide bonds. The van der Waals surface area contributed by atoms with E-state index in [1.54, 1.807) is 14.1 Å². The molecule has 0 bridgehead atoms. The summed E-state index contributed by atoms with van der Waals surface area (Å²) in [5, 5.41) is 16.0. The molecule has 0 radical (unpaired) electrons. The van der Waals surface area contributed by atoms with Crippen LogP contribution >= 0.6 is 0 Å². The molecule has 2 aliphatic heterocycles. The number of nitrogens with one attached hydrogen (secondary N) is 2. The summed E-state index contributed by atoms with van der Waals surface area (Å²) in [6, 6.07) is 0. The van der Waals surface area contributed by atoms with Crippen LogP contribution in [0.3, 0.4) is 0 Å². The van der Waals surface area contributed by atoms with Gasteiger partial charge in [-0.2, -0.15) is 0 Å². The fraction of sp³-hybridized carbons (Fsp3) is 0.889. The number of carbonyl (C=O) groups is 1. The van der Waals surface area contributed by atoms with E-state index in [0.29, 0.717) is 32.1 Å². The van der Waals surface area contributed by atoms with E-state index in [2.05, 4.69) is 15.6 Å². The highest BCUT2D eigenvalue weighted by Gasteiger charge is 2.34. The Morgan fingerprint density at radius 3 is 2.77 bits per heavy atom. The minimum absolute atomic E-state index is 0.0470. The predicted molar refractivity (Wildman–Crippen MR) is 100 cm³/mol. The number of amides is 1. The molecule has 26 heavy (non-hydrogen) atoms. The van der Waals surface area contributed by atoms with Gasteiger partial charge in [-0.25, -0.2) is 4.99 Å². The standard InChI is InChI=1S/C18H34N4O4/c1-22(2)16(24)12-20-17(19-11-15-5-3-4-9-26-15)21-13-18(6-8-23)7-10-25-14-18/h15,23H,3-14H2,1-2H3,(H2,19,20,21). The topological polar surface area (TPSA) is 95.4 Å². The van der Waals surface area contributed by atoms with Crippen molar-refractivity contribution in [2.24, 2.45) is 10.4 Å². The van der Waals surface area contributed by atoms with E-state index < -0.39 is 0 Å². The van der Waals surface area contributed by atoms with Crippen molar-refractivity contribution in [2.45, 2.75) is 38.2 Å². The first-order valence-corrected chi connectivity index (χ1v) is 9.57. The van der Waals surface area contributed by atoms with E-state index in [0.717, 1.165) is 32.5 Å². The number of likely N-dealkylation sites (N-methyl/N-ethyl adjacent to an activating group) is 1. The van der Waals surface area contributed by atoms with Crippen LogP contribution in [0.1, 0.15) is 32.1 Å². The monoisotopic (exact) mass is 370 g/mol. The number of aliphatic hydroxyl groups excluding tert-OH is 1. The molecule has 0 aromatic heterocycles. The van der Waals surface area contributed by atoms with Crippen molar-refractivity contribution in [3.63, 3.8) is 0 Å². The van der Waals surface area contributed by atoms with Crippen molar-refractivity contribution in [3.05, 3.63) is 0 Å². The lowest BCUT2D eigenvalue weighted by molar-refractivity contribution is -0.127. The van der Waals surface area contributed by atoms with Crippen molar-refractivity contribution in [1.29, 1.82) is 0 Å². The Morgan fingerprint density at radius 2 is 2.15 bits per heavy atom. The molecule has 3 N–H and O–H groups in total. The van der Waals surface area contributed by atoms with Gasteiger partial charge in [0, 0.05) is 52.4 Å². The normalized spacial score (nSPS) is 26.6. The van der Waals surface area contributed by atoms with Gasteiger partial charge in [-0.3, -0.25) is 4.79 Å². The molecule has 2 atom stereocenters. The van der Waals surface area contributed by atoms with Gasteiger partial charge in [-0.15, -0.1) is 0 Å². The van der Waals surface area contributed by atoms with E-state index >= 15 is 0 Å². The quantitative estimate of drug-likeness (QED) is 0.410. The first-order chi connectivity index (χ1) is 12.5. The van der Waals surface area contributed by atoms with Crippen LogP contribution in [-0.2, 0) is 14.3 Å². The van der Waals surface area contributed by atoms with Crippen LogP contribution in [0.4, 0.5) is 0 Å². The van der Waals surface area contributed by atoms with Crippen LogP contribution in [0.5, 0.6) is 0 Å². The molecule has 0 aliphatic carbocycles. The summed E-state index contributed by atoms with van der Waals surface area (Å²) in [6.45, 7) is 3.72. The third kappa shape index (κ3) is 6.74. The van der Waals surface area contributed by atoms with Gasteiger partial charge in [-0.1, -0.05) is 0 Å². The summed E-state index contributed by atoms with van der Waals surface area (Å²) < 4.78 is 11.3. The summed E-state index contributed by atoms with van der Waals surface area (Å²) in [6.07, 6.45) is 5.13. The first-order valence-electron chi connectivity index (χ1n) is 9.57. The zero-order valence-electron chi connectivity index (χ0n) is 16.1. The summed E-state index contributed by atoms with van der Waals surface area (Å²) in [7, 11) is 3.45. The molecule has 0 saturated carbocycles. The molecule has 2 aliphatic rings. The lowest BCUT2D eigenvalue weighted by atomic mass is 9.84. The fourth-order valence-electron chi connectivity index (χ4n) is 3.22. The van der Waals surface area contributed by atoms with E-state index in [4.69, 9.17) is 9.47 Å². The van der Waals surface area contributed by atoms with Crippen LogP contribution < -0.4 is 10.6 Å². The van der Waals surface area contributed by atoms with Gasteiger partial charge in [0.2, 0.25) is 5.91 Å². The maximum Gasteiger partial charge on any atom is 0.243 e. The third-order valence-corrected chi connectivity index (χ3v) is 5.10. The van der Waals surface area contributed by atoms with E-state index in [9.17, 15) is 9.90 Å². The number of rotatable bonds is 8. The molecular weight excluding hydrogens is 336 g/mol. The van der Waals surface area contributed by atoms with Gasteiger partial charge < -0.3 is 30.1 Å². The Morgan fingerprint density at radius 1 is 1.31 bits per heavy atom. The molecule has 2 saturated heterocycles. The lowest BCUT2D eigenvalue weighted by Crippen LogP contribution is -2.47. The fourth-order valence-corrected chi connectivity index (χ4v) is 3.22. The third-order valence-electron chi connectivity index (χ3n) is 5.10. The number of ether oxygens (including phenoxy) is 2. The average molecular weight is 370 g/mol. The number of aliphatic imine (C=N–C) groups is 1. The van der Waals surface area contributed by atoms with E-state index in [-0.39, 0.29) is 30.6 Å². The number of nitrogens with zero attached hydrogens (tertiary/aromatic N) is 2. The maximum atomic E-state index is 11.9. The molecule has 0 aromatic rings. The Labute approximate surface area is 156 Å². The molecule has 2 unspecified atom stereocenters. The lowest BCUT2D eigenvalue weighted by Gasteiger charge is -2.29. The van der Waals surface area contributed by atoms with Gasteiger partial charge in [0.15, 0.2) is 5.96 Å². The maximum absolute atomic E-state index is 11.9. The van der Waals surface area contributed by atoms with Crippen LogP contribution in [0.2, 0.25) is 0 Å². The minimum atomic E-state index is -0.0793. The van der Waals surface area contributed by atoms with Gasteiger partial charge >= 0.3 is 0 Å². The number of carbonyl (C=O) groups excluding carboxylic acids is 1. The predicted octanol–water partition coefficient (Wildman–Crippen LogP) is -0.0320. The number of guanidine groups is 1. The van der Waals surface area contributed by atoms with Crippen molar-refractivity contribution in [1.82, 2.24) is 15.5 Å². The Hall–Kier alpha value is -1.38. The summed E-state index contributed by atoms with van der Waals surface area (Å²) >= 11 is 0. The second kappa shape index (κ2) is 10.7. The van der Waals surface area contributed by atoms with Crippen molar-refractivity contribution < 1.29 is 19.4 Å². The van der Waals surface area contributed by atoms with Gasteiger partial charge in [0.25, 0.3) is 0 Å². The molecule has 2 rings (SSSR count). The van der Waals surface area contributed by atoms with Crippen molar-refractivity contribution >= 4 is 11.9 Å². The molecule has 0 aromatic carbocycles. The van der Waals surface area contributed by atoms with Gasteiger partial charge in [0.1, 0.15) is 6.54 Å². The van der Waals surface area contributed by atoms with Crippen molar-refractivity contribution in [2.75, 3.05) is 60.2 Å². The molecule has 150 valence electrons. The molecule has 2 heterocycles. The zero-order chi connectivity index (χ0) is 18.8. The largest absolute Gasteiger partial charge is 0.396 e. The first kappa shape index (κ1) is 20.9. The van der Waals surface area contributed by atoms with E-state index in [1.807, 2.05) is 0 Å². The minimum Gasteiger partial charge on any atom is -0.396 e. The number of aliphatic hydroxyl groups is 1. The van der Waals surface area contributed by atoms with Crippen LogP contribution in [0.15, 0.2) is 4.99 Å². The summed E-state index contributed by atoms with van der Waals surface area (Å²) in [5.74, 6) is 0.563. The highest BCUT2D eigenvalue weighted by atomic mass is 16.5. The Bertz CT molecular complexity index is 458. The van der Waals surface area contributed by atoms with Crippen LogP contribution in [0.25, 0.3) is 0 Å². The smallest absolute Gasteiger partial charge is 0.243 e. The Kier molecular flexibility index (Phi) is 8.61. The number of hydrogen-bond acceptors (Lipinski definition) is 5. The second-order valence-electron chi connectivity index (χ2n) is 7.45. The van der Waals surface area contributed by atoms with E-state index in [1.165, 1.54) is 11.3 Å². The van der Waals surface area contributed by atoms with Gasteiger partial charge in [0.05, 0.1) is 12.7 Å². The van der Waals surface area contributed by atoms with Gasteiger partial charge in [-0.05, 0) is 32.1 Å². The molecule has 0 spiro atoms. The summed E-state index contributed by atoms with van der Waals surface area (Å²) in [4.78, 5) is 17.8. The average Bonchev–Trinajstić information content (AvgIpc) is 3.10. The molecule has 2 fully saturated rings. The molecule has 8 heteroatoms. The highest BCUT2D eigenvalue weighted by Crippen LogP contribution is 2.31. The SMILES string of the molecule is CN(C)C(=O)CN=C(NCC1CCCCO1)NCC1(CCO)CCOC1. The summed E-state index contributed by atoms with van der Waals surface area (Å²) in [5.41, 5.74) is -0.0793. The van der Waals surface area contributed by atoms with Crippen molar-refractivity contribution in [3.8, 4) is 0 Å². The van der Waals surface area contributed by atoms with Crippen LogP contribution in [-0.4, -0.2) is 88.1 Å². The molecular formula is C18H34N4O4. The van der Waals surface area contributed by atoms with Crippen LogP contribution in [0, 0.1) is 5.41 Å². The second-order valence-corrected chi connectivity index (χ2v) is 7.45. The zero-order valence-corrected chi connectivity index (χ0v) is 16.1. The number of hydrogen-bond donors (Lipinski definition) is 3. The highest BCUT2D eigenvalue weighted by molar-refractivity contribution is 5.84. The Balaban J connectivity index is 1.92. The molecule has 8 nitrogen and oxygen atoms in total.